The molecule has 1 heterocycles. The molecule has 1 aromatic carbocycles. The first-order valence-electron chi connectivity index (χ1n) is 8.04. The summed E-state index contributed by atoms with van der Waals surface area (Å²) in [5.41, 5.74) is 9.41. The molecule has 6 heteroatoms. The van der Waals surface area contributed by atoms with Crippen molar-refractivity contribution in [1.29, 1.82) is 0 Å². The summed E-state index contributed by atoms with van der Waals surface area (Å²) < 4.78 is 1.43. The molecule has 0 saturated carbocycles. The Morgan fingerprint density at radius 1 is 1.22 bits per heavy atom. The first-order chi connectivity index (χ1) is 11.2. The first kappa shape index (κ1) is 15.6. The van der Waals surface area contributed by atoms with Crippen molar-refractivity contribution in [2.75, 3.05) is 17.7 Å². The average molecular weight is 314 g/mol. The molecule has 0 fully saturated rings. The number of rotatable bonds is 6. The van der Waals surface area contributed by atoms with E-state index in [1.54, 1.807) is 0 Å². The van der Waals surface area contributed by atoms with Crippen molar-refractivity contribution in [1.82, 2.24) is 9.55 Å². The van der Waals surface area contributed by atoms with Crippen LogP contribution < -0.4 is 16.6 Å². The number of benzene rings is 1. The molecule has 1 aliphatic carbocycles. The van der Waals surface area contributed by atoms with E-state index in [4.69, 9.17) is 10.8 Å². The molecule has 4 N–H and O–H groups in total. The van der Waals surface area contributed by atoms with Gasteiger partial charge in [-0.3, -0.25) is 9.36 Å². The van der Waals surface area contributed by atoms with Gasteiger partial charge in [0.15, 0.2) is 0 Å². The Morgan fingerprint density at radius 3 is 2.83 bits per heavy atom. The van der Waals surface area contributed by atoms with Gasteiger partial charge in [0.05, 0.1) is 0 Å². The Bertz CT molecular complexity index is 755. The maximum Gasteiger partial charge on any atom is 0.256 e. The Kier molecular flexibility index (Phi) is 4.62. The monoisotopic (exact) mass is 314 g/mol. The molecule has 1 aliphatic rings. The predicted octanol–water partition coefficient (Wildman–Crippen LogP) is 1.83. The molecule has 0 spiro atoms. The van der Waals surface area contributed by atoms with Gasteiger partial charge in [0.25, 0.3) is 5.56 Å². The molecule has 0 saturated heterocycles. The molecule has 2 aromatic rings. The van der Waals surface area contributed by atoms with Crippen LogP contribution in [0, 0.1) is 0 Å². The second-order valence-corrected chi connectivity index (χ2v) is 5.88. The number of unbranched alkanes of at least 4 members (excludes halogenated alkanes) is 1. The van der Waals surface area contributed by atoms with Crippen molar-refractivity contribution in [2.45, 2.75) is 38.6 Å². The normalized spacial score (nSPS) is 13.1. The van der Waals surface area contributed by atoms with Gasteiger partial charge in [-0.25, -0.2) is 0 Å². The Labute approximate surface area is 135 Å². The van der Waals surface area contributed by atoms with Crippen molar-refractivity contribution in [3.63, 3.8) is 0 Å². The third-order valence-electron chi connectivity index (χ3n) is 4.20. The number of anilines is 3. The van der Waals surface area contributed by atoms with E-state index >= 15 is 0 Å². The van der Waals surface area contributed by atoms with Gasteiger partial charge in [0, 0.05) is 24.9 Å². The number of aromatic nitrogens is 2. The Morgan fingerprint density at radius 2 is 2.04 bits per heavy atom. The molecule has 0 aliphatic heterocycles. The lowest BCUT2D eigenvalue weighted by Crippen LogP contribution is -2.24. The topological polar surface area (TPSA) is 93.2 Å². The van der Waals surface area contributed by atoms with Crippen LogP contribution in [-0.2, 0) is 19.4 Å². The summed E-state index contributed by atoms with van der Waals surface area (Å²) in [4.78, 5) is 16.4. The molecule has 3 rings (SSSR count). The number of aliphatic hydroxyl groups is 1. The molecule has 1 aromatic heterocycles. The van der Waals surface area contributed by atoms with Crippen LogP contribution in [-0.4, -0.2) is 21.3 Å². The van der Waals surface area contributed by atoms with Crippen molar-refractivity contribution >= 4 is 17.5 Å². The summed E-state index contributed by atoms with van der Waals surface area (Å²) in [6.45, 7) is 0.581. The van der Waals surface area contributed by atoms with Gasteiger partial charge < -0.3 is 16.2 Å². The number of nitrogens with zero attached hydrogens (tertiary/aromatic N) is 2. The molecular formula is C17H22N4O2. The van der Waals surface area contributed by atoms with E-state index in [-0.39, 0.29) is 18.1 Å². The minimum atomic E-state index is -0.181. The highest BCUT2D eigenvalue weighted by atomic mass is 16.2. The lowest BCUT2D eigenvalue weighted by atomic mass is 10.1. The quantitative estimate of drug-likeness (QED) is 0.707. The first-order valence-corrected chi connectivity index (χ1v) is 8.04. The van der Waals surface area contributed by atoms with Gasteiger partial charge in [-0.05, 0) is 55.4 Å². The standard InChI is InChI=1S/C17H22N4O2/c18-17-20-15(11-16(23)21(17)8-1-2-9-22)19-14-7-6-12-4-3-5-13(12)10-14/h6-7,10-11,19,22H,1-5,8-9H2,(H2,18,20). The fraction of sp³-hybridized carbons (Fsp3) is 0.412. The van der Waals surface area contributed by atoms with E-state index in [1.807, 2.05) is 6.07 Å². The molecule has 0 radical (unpaired) electrons. The highest BCUT2D eigenvalue weighted by molar-refractivity contribution is 5.59. The Balaban J connectivity index is 1.77. The van der Waals surface area contributed by atoms with Gasteiger partial charge in [-0.1, -0.05) is 6.07 Å². The summed E-state index contributed by atoms with van der Waals surface area (Å²) in [7, 11) is 0. The van der Waals surface area contributed by atoms with Crippen LogP contribution in [0.15, 0.2) is 29.1 Å². The van der Waals surface area contributed by atoms with Crippen LogP contribution in [0.2, 0.25) is 0 Å². The van der Waals surface area contributed by atoms with E-state index in [1.165, 1.54) is 28.2 Å². The van der Waals surface area contributed by atoms with E-state index < -0.39 is 0 Å². The molecule has 0 bridgehead atoms. The number of nitrogens with one attached hydrogen (secondary N) is 1. The summed E-state index contributed by atoms with van der Waals surface area (Å²) in [6, 6.07) is 7.72. The smallest absolute Gasteiger partial charge is 0.256 e. The van der Waals surface area contributed by atoms with Crippen LogP contribution in [0.4, 0.5) is 17.5 Å². The third kappa shape index (κ3) is 3.53. The van der Waals surface area contributed by atoms with Crippen LogP contribution >= 0.6 is 0 Å². The van der Waals surface area contributed by atoms with Crippen LogP contribution in [0.3, 0.4) is 0 Å². The number of hydrogen-bond donors (Lipinski definition) is 3. The molecule has 0 amide bonds. The summed E-state index contributed by atoms with van der Waals surface area (Å²) in [5.74, 6) is 0.656. The average Bonchev–Trinajstić information content (AvgIpc) is 2.98. The van der Waals surface area contributed by atoms with Crippen molar-refractivity contribution in [2.24, 2.45) is 0 Å². The number of aliphatic hydroxyl groups excluding tert-OH is 1. The minimum absolute atomic E-state index is 0.111. The number of fused-ring (bicyclic) bond motifs is 1. The van der Waals surface area contributed by atoms with Gasteiger partial charge in [-0.15, -0.1) is 0 Å². The zero-order valence-corrected chi connectivity index (χ0v) is 13.1. The predicted molar refractivity (Wildman–Crippen MR) is 91.0 cm³/mol. The molecule has 0 atom stereocenters. The van der Waals surface area contributed by atoms with Gasteiger partial charge >= 0.3 is 0 Å². The second kappa shape index (κ2) is 6.83. The minimum Gasteiger partial charge on any atom is -0.396 e. The molecule has 0 unspecified atom stereocenters. The summed E-state index contributed by atoms with van der Waals surface area (Å²) in [6.07, 6.45) is 4.78. The number of nitrogens with two attached hydrogens (primary N) is 1. The molecular weight excluding hydrogens is 292 g/mol. The third-order valence-corrected chi connectivity index (χ3v) is 4.20. The highest BCUT2D eigenvalue weighted by Gasteiger charge is 2.11. The SMILES string of the molecule is Nc1nc(Nc2ccc3c(c2)CCC3)cc(=O)n1CCCCO. The molecule has 122 valence electrons. The van der Waals surface area contributed by atoms with Crippen molar-refractivity contribution in [3.8, 4) is 0 Å². The van der Waals surface area contributed by atoms with Gasteiger partial charge in [0.2, 0.25) is 5.95 Å². The van der Waals surface area contributed by atoms with Crippen LogP contribution in [0.5, 0.6) is 0 Å². The zero-order valence-electron chi connectivity index (χ0n) is 13.1. The van der Waals surface area contributed by atoms with E-state index in [0.29, 0.717) is 25.2 Å². The summed E-state index contributed by atoms with van der Waals surface area (Å²) in [5, 5.41) is 12.0. The highest BCUT2D eigenvalue weighted by Crippen LogP contribution is 2.26. The summed E-state index contributed by atoms with van der Waals surface area (Å²) >= 11 is 0. The molecule has 23 heavy (non-hydrogen) atoms. The van der Waals surface area contributed by atoms with E-state index in [9.17, 15) is 4.79 Å². The maximum absolute atomic E-state index is 12.2. The van der Waals surface area contributed by atoms with Gasteiger partial charge in [-0.2, -0.15) is 4.98 Å². The lowest BCUT2D eigenvalue weighted by molar-refractivity contribution is 0.281. The number of nitrogen functional groups attached to an aromatic ring is 1. The van der Waals surface area contributed by atoms with Crippen LogP contribution in [0.1, 0.15) is 30.4 Å². The van der Waals surface area contributed by atoms with Crippen LogP contribution in [0.25, 0.3) is 0 Å². The van der Waals surface area contributed by atoms with Gasteiger partial charge in [0.1, 0.15) is 5.82 Å². The fourth-order valence-electron chi connectivity index (χ4n) is 2.99. The Hall–Kier alpha value is -2.34. The van der Waals surface area contributed by atoms with Crippen molar-refractivity contribution < 1.29 is 5.11 Å². The van der Waals surface area contributed by atoms with E-state index in [0.717, 1.165) is 18.5 Å². The van der Waals surface area contributed by atoms with E-state index in [2.05, 4.69) is 22.4 Å². The largest absolute Gasteiger partial charge is 0.396 e. The lowest BCUT2D eigenvalue weighted by Gasteiger charge is -2.12. The second-order valence-electron chi connectivity index (χ2n) is 5.88. The molecule has 6 nitrogen and oxygen atoms in total. The van der Waals surface area contributed by atoms with Crippen molar-refractivity contribution in [3.05, 3.63) is 45.7 Å². The number of aryl methyl sites for hydroxylation is 2. The fourth-order valence-corrected chi connectivity index (χ4v) is 2.99. The number of hydrogen-bond acceptors (Lipinski definition) is 5. The maximum atomic E-state index is 12.2. The zero-order chi connectivity index (χ0) is 16.2.